The van der Waals surface area contributed by atoms with E-state index >= 15 is 0 Å². The number of carbonyl (C=O) groups excluding carboxylic acids is 1. The minimum Gasteiger partial charge on any atom is -0.383 e. The van der Waals surface area contributed by atoms with Gasteiger partial charge in [-0.3, -0.25) is 9.36 Å². The van der Waals surface area contributed by atoms with Crippen LogP contribution in [-0.2, 0) is 10.5 Å². The maximum atomic E-state index is 12.2. The predicted molar refractivity (Wildman–Crippen MR) is 136 cm³/mol. The van der Waals surface area contributed by atoms with Crippen molar-refractivity contribution in [3.05, 3.63) is 95.1 Å². The summed E-state index contributed by atoms with van der Waals surface area (Å²) in [4.78, 5) is 12.2. The van der Waals surface area contributed by atoms with Gasteiger partial charge in [-0.05, 0) is 43.2 Å². The van der Waals surface area contributed by atoms with E-state index < -0.39 is 0 Å². The van der Waals surface area contributed by atoms with Crippen molar-refractivity contribution in [2.45, 2.75) is 24.8 Å². The number of nitrogens with zero attached hydrogens (tertiary/aromatic N) is 3. The Morgan fingerprint density at radius 2 is 1.71 bits per heavy atom. The molecule has 1 amide bonds. The first-order valence-electron chi connectivity index (χ1n) is 11.1. The number of carbonyl (C=O) groups is 1. The molecule has 0 spiro atoms. The van der Waals surface area contributed by atoms with Crippen molar-refractivity contribution in [1.82, 2.24) is 20.1 Å². The van der Waals surface area contributed by atoms with Crippen LogP contribution in [0.15, 0.2) is 78.0 Å². The third-order valence-electron chi connectivity index (χ3n) is 5.48. The molecular weight excluding hydrogens is 444 g/mol. The normalized spacial score (nSPS) is 10.9. The minimum absolute atomic E-state index is 0.0988. The van der Waals surface area contributed by atoms with Gasteiger partial charge >= 0.3 is 0 Å². The Hall–Kier alpha value is -3.42. The van der Waals surface area contributed by atoms with Crippen LogP contribution in [0.4, 0.5) is 0 Å². The molecule has 3 aromatic carbocycles. The number of hydrogen-bond acceptors (Lipinski definition) is 5. The molecule has 1 heterocycles. The molecule has 0 aliphatic heterocycles. The topological polar surface area (TPSA) is 69.0 Å². The molecule has 4 rings (SSSR count). The average molecular weight is 473 g/mol. The number of benzene rings is 3. The monoisotopic (exact) mass is 472 g/mol. The molecule has 0 saturated carbocycles. The highest BCUT2D eigenvalue weighted by Gasteiger charge is 2.17. The number of rotatable bonds is 9. The van der Waals surface area contributed by atoms with Crippen LogP contribution < -0.4 is 5.32 Å². The summed E-state index contributed by atoms with van der Waals surface area (Å²) in [5.74, 6) is 1.43. The highest BCUT2D eigenvalue weighted by Crippen LogP contribution is 2.31. The summed E-state index contributed by atoms with van der Waals surface area (Å²) in [6.45, 7) is 5.15. The summed E-state index contributed by atoms with van der Waals surface area (Å²) in [6, 6.07) is 24.3. The summed E-state index contributed by atoms with van der Waals surface area (Å²) in [6.07, 6.45) is 0. The molecule has 0 saturated heterocycles. The SMILES string of the molecule is COCCNC(=O)c1ccc(CSc2nnc(-c3ccc(C)cc3)n2-c2ccccc2C)cc1. The van der Waals surface area contributed by atoms with Crippen LogP contribution in [0.1, 0.15) is 27.0 Å². The summed E-state index contributed by atoms with van der Waals surface area (Å²) >= 11 is 1.63. The molecule has 34 heavy (non-hydrogen) atoms. The Kier molecular flexibility index (Phi) is 7.77. The van der Waals surface area contributed by atoms with Gasteiger partial charge in [-0.1, -0.05) is 71.9 Å². The Balaban J connectivity index is 1.56. The molecule has 0 bridgehead atoms. The molecule has 1 aromatic heterocycles. The predicted octanol–water partition coefficient (Wildman–Crippen LogP) is 5.22. The quantitative estimate of drug-likeness (QED) is 0.267. The second-order valence-electron chi connectivity index (χ2n) is 8.03. The third-order valence-corrected chi connectivity index (χ3v) is 6.48. The molecule has 0 aliphatic rings. The number of ether oxygens (including phenoxy) is 1. The Bertz CT molecular complexity index is 1250. The third kappa shape index (κ3) is 5.55. The standard InChI is InChI=1S/C27H28N4O2S/c1-19-8-12-22(13-9-19)25-29-30-27(31(25)24-7-5-4-6-20(24)2)34-18-21-10-14-23(15-11-21)26(32)28-16-17-33-3/h4-15H,16-18H2,1-3H3,(H,28,32). The fraction of sp³-hybridized carbons (Fsp3) is 0.222. The fourth-order valence-electron chi connectivity index (χ4n) is 3.55. The Labute approximate surface area is 204 Å². The number of methoxy groups -OCH3 is 1. The minimum atomic E-state index is -0.0988. The largest absolute Gasteiger partial charge is 0.383 e. The first kappa shape index (κ1) is 23.7. The van der Waals surface area contributed by atoms with Crippen LogP contribution in [-0.4, -0.2) is 40.9 Å². The molecular formula is C27H28N4O2S. The lowest BCUT2D eigenvalue weighted by Gasteiger charge is -2.13. The summed E-state index contributed by atoms with van der Waals surface area (Å²) in [5.41, 5.74) is 6.19. The lowest BCUT2D eigenvalue weighted by atomic mass is 10.1. The second-order valence-corrected chi connectivity index (χ2v) is 8.97. The van der Waals surface area contributed by atoms with Gasteiger partial charge in [0.05, 0.1) is 12.3 Å². The van der Waals surface area contributed by atoms with Crippen LogP contribution >= 0.6 is 11.8 Å². The smallest absolute Gasteiger partial charge is 0.251 e. The van der Waals surface area contributed by atoms with Gasteiger partial charge in [0.2, 0.25) is 0 Å². The molecule has 0 radical (unpaired) electrons. The van der Waals surface area contributed by atoms with Gasteiger partial charge in [0.25, 0.3) is 5.91 Å². The van der Waals surface area contributed by atoms with Crippen molar-refractivity contribution in [2.24, 2.45) is 0 Å². The van der Waals surface area contributed by atoms with Crippen molar-refractivity contribution in [3.63, 3.8) is 0 Å². The molecule has 7 heteroatoms. The molecule has 0 fully saturated rings. The molecule has 0 atom stereocenters. The van der Waals surface area contributed by atoms with Crippen molar-refractivity contribution >= 4 is 17.7 Å². The Morgan fingerprint density at radius 1 is 0.971 bits per heavy atom. The molecule has 0 aliphatic carbocycles. The number of nitrogens with one attached hydrogen (secondary N) is 1. The number of para-hydroxylation sites is 1. The maximum absolute atomic E-state index is 12.2. The molecule has 6 nitrogen and oxygen atoms in total. The van der Waals surface area contributed by atoms with Gasteiger partial charge in [0, 0.05) is 30.5 Å². The molecule has 1 N–H and O–H groups in total. The summed E-state index contributed by atoms with van der Waals surface area (Å²) < 4.78 is 7.10. The van der Waals surface area contributed by atoms with E-state index in [1.807, 2.05) is 36.4 Å². The molecule has 0 unspecified atom stereocenters. The lowest BCUT2D eigenvalue weighted by Crippen LogP contribution is -2.26. The van der Waals surface area contributed by atoms with Crippen LogP contribution in [0.25, 0.3) is 17.1 Å². The first-order valence-corrected chi connectivity index (χ1v) is 12.1. The zero-order valence-corrected chi connectivity index (χ0v) is 20.4. The van der Waals surface area contributed by atoms with Crippen LogP contribution in [0.5, 0.6) is 0 Å². The van der Waals surface area contributed by atoms with E-state index in [0.29, 0.717) is 24.5 Å². The van der Waals surface area contributed by atoms with Crippen LogP contribution in [0, 0.1) is 13.8 Å². The average Bonchev–Trinajstić information content (AvgIpc) is 3.27. The van der Waals surface area contributed by atoms with Gasteiger partial charge in [0.15, 0.2) is 11.0 Å². The van der Waals surface area contributed by atoms with Crippen molar-refractivity contribution in [2.75, 3.05) is 20.3 Å². The molecule has 174 valence electrons. The summed E-state index contributed by atoms with van der Waals surface area (Å²) in [5, 5.41) is 12.7. The number of hydrogen-bond donors (Lipinski definition) is 1. The van der Waals surface area contributed by atoms with E-state index in [2.05, 4.69) is 70.3 Å². The van der Waals surface area contributed by atoms with Gasteiger partial charge < -0.3 is 10.1 Å². The van der Waals surface area contributed by atoms with E-state index in [-0.39, 0.29) is 5.91 Å². The van der Waals surface area contributed by atoms with E-state index in [4.69, 9.17) is 4.74 Å². The van der Waals surface area contributed by atoms with Gasteiger partial charge in [0.1, 0.15) is 0 Å². The van der Waals surface area contributed by atoms with Gasteiger partial charge in [-0.15, -0.1) is 10.2 Å². The maximum Gasteiger partial charge on any atom is 0.251 e. The number of aryl methyl sites for hydroxylation is 2. The van der Waals surface area contributed by atoms with Crippen molar-refractivity contribution in [3.8, 4) is 17.1 Å². The van der Waals surface area contributed by atoms with Gasteiger partial charge in [-0.2, -0.15) is 0 Å². The number of aromatic nitrogens is 3. The highest BCUT2D eigenvalue weighted by molar-refractivity contribution is 7.98. The van der Waals surface area contributed by atoms with E-state index in [9.17, 15) is 4.79 Å². The van der Waals surface area contributed by atoms with Crippen molar-refractivity contribution < 1.29 is 9.53 Å². The van der Waals surface area contributed by atoms with Gasteiger partial charge in [-0.25, -0.2) is 0 Å². The fourth-order valence-corrected chi connectivity index (χ4v) is 4.45. The lowest BCUT2D eigenvalue weighted by molar-refractivity contribution is 0.0937. The van der Waals surface area contributed by atoms with E-state index in [1.165, 1.54) is 5.56 Å². The van der Waals surface area contributed by atoms with E-state index in [1.54, 1.807) is 18.9 Å². The second kappa shape index (κ2) is 11.1. The first-order chi connectivity index (χ1) is 16.6. The molecule has 4 aromatic rings. The van der Waals surface area contributed by atoms with E-state index in [0.717, 1.165) is 33.4 Å². The van der Waals surface area contributed by atoms with Crippen LogP contribution in [0.3, 0.4) is 0 Å². The number of thioether (sulfide) groups is 1. The number of amides is 1. The zero-order chi connectivity index (χ0) is 23.9. The van der Waals surface area contributed by atoms with Crippen molar-refractivity contribution in [1.29, 1.82) is 0 Å². The Morgan fingerprint density at radius 3 is 2.41 bits per heavy atom. The highest BCUT2D eigenvalue weighted by atomic mass is 32.2. The summed E-state index contributed by atoms with van der Waals surface area (Å²) in [7, 11) is 1.61. The van der Waals surface area contributed by atoms with Crippen LogP contribution in [0.2, 0.25) is 0 Å². The zero-order valence-electron chi connectivity index (χ0n) is 19.6.